The molecule has 5 nitrogen and oxygen atoms in total. The third kappa shape index (κ3) is 4.92. The molecule has 176 valence electrons. The molecule has 32 heavy (non-hydrogen) atoms. The minimum absolute atomic E-state index is 0.194. The number of aromatic nitrogens is 1. The fourth-order valence-corrected chi connectivity index (χ4v) is 3.77. The molecule has 0 bridgehead atoms. The van der Waals surface area contributed by atoms with Crippen LogP contribution in [0.2, 0.25) is 0 Å². The number of para-hydroxylation sites is 1. The zero-order chi connectivity index (χ0) is 24.1. The summed E-state index contributed by atoms with van der Waals surface area (Å²) in [5.41, 5.74) is -5.04. The molecule has 1 aromatic heterocycles. The first kappa shape index (κ1) is 24.1. The Bertz CT molecular complexity index is 1010. The van der Waals surface area contributed by atoms with Crippen LogP contribution in [0.15, 0.2) is 24.3 Å². The van der Waals surface area contributed by atoms with Crippen LogP contribution < -0.4 is 0 Å². The first-order valence-electron chi connectivity index (χ1n) is 9.85. The summed E-state index contributed by atoms with van der Waals surface area (Å²) in [6.45, 7) is 5.10. The molecule has 1 aliphatic rings. The molecule has 1 amide bonds. The van der Waals surface area contributed by atoms with Gasteiger partial charge in [0.05, 0.1) is 17.1 Å². The number of ether oxygens (including phenoxy) is 1. The molecular formula is C21H22F6N2O3. The van der Waals surface area contributed by atoms with E-state index in [4.69, 9.17) is 4.74 Å². The number of rotatable bonds is 2. The molecule has 3 rings (SSSR count). The van der Waals surface area contributed by atoms with Crippen molar-refractivity contribution < 1.29 is 41.0 Å². The summed E-state index contributed by atoms with van der Waals surface area (Å²) >= 11 is 0. The van der Waals surface area contributed by atoms with Gasteiger partial charge >= 0.3 is 18.4 Å². The summed E-state index contributed by atoms with van der Waals surface area (Å²) in [5.74, 6) is 0. The number of nitrogens with zero attached hydrogens (tertiary/aromatic N) is 2. The lowest BCUT2D eigenvalue weighted by Gasteiger charge is -2.31. The molecule has 1 unspecified atom stereocenters. The van der Waals surface area contributed by atoms with Crippen LogP contribution in [-0.4, -0.2) is 39.3 Å². The number of amides is 1. The standard InChI is InChI=1S/C21H22F6N2O3/c1-19(2,3)32-18(31)29-9-5-8-14(29)17(30)12-10-15(21(25,26)27)28-16-11(12)6-4-7-13(16)20(22,23)24/h4,6-7,10,14,17,30H,5,8-9H2,1-3H3/t14?,17-/m1/s1. The number of alkyl halides is 6. The van der Waals surface area contributed by atoms with E-state index in [9.17, 15) is 36.2 Å². The molecule has 0 spiro atoms. The van der Waals surface area contributed by atoms with Gasteiger partial charge in [-0.05, 0) is 51.3 Å². The number of pyridine rings is 1. The van der Waals surface area contributed by atoms with Crippen LogP contribution in [0.4, 0.5) is 31.1 Å². The molecule has 1 aliphatic heterocycles. The molecule has 1 saturated heterocycles. The van der Waals surface area contributed by atoms with E-state index >= 15 is 0 Å². The molecule has 1 N–H and O–H groups in total. The van der Waals surface area contributed by atoms with Gasteiger partial charge in [0.25, 0.3) is 0 Å². The number of aliphatic hydroxyl groups is 1. The minimum Gasteiger partial charge on any atom is -0.444 e. The highest BCUT2D eigenvalue weighted by Gasteiger charge is 2.41. The number of likely N-dealkylation sites (tertiary alicyclic amines) is 1. The first-order valence-corrected chi connectivity index (χ1v) is 9.85. The van der Waals surface area contributed by atoms with Crippen molar-refractivity contribution >= 4 is 17.0 Å². The van der Waals surface area contributed by atoms with Crippen molar-refractivity contribution in [3.8, 4) is 0 Å². The number of fused-ring (bicyclic) bond motifs is 1. The monoisotopic (exact) mass is 464 g/mol. The molecule has 1 aromatic carbocycles. The van der Waals surface area contributed by atoms with E-state index in [2.05, 4.69) is 4.98 Å². The lowest BCUT2D eigenvalue weighted by Crippen LogP contribution is -2.42. The van der Waals surface area contributed by atoms with Crippen molar-refractivity contribution in [2.45, 2.75) is 63.7 Å². The predicted molar refractivity (Wildman–Crippen MR) is 103 cm³/mol. The lowest BCUT2D eigenvalue weighted by molar-refractivity contribution is -0.142. The highest BCUT2D eigenvalue weighted by atomic mass is 19.4. The van der Waals surface area contributed by atoms with E-state index in [0.29, 0.717) is 18.6 Å². The number of halogens is 6. The summed E-state index contributed by atoms with van der Waals surface area (Å²) in [5, 5.41) is 10.7. The van der Waals surface area contributed by atoms with Crippen LogP contribution in [0.3, 0.4) is 0 Å². The Hall–Kier alpha value is -2.56. The quantitative estimate of drug-likeness (QED) is 0.579. The Labute approximate surface area is 180 Å². The highest BCUT2D eigenvalue weighted by molar-refractivity contribution is 5.86. The number of carbonyl (C=O) groups excluding carboxylic acids is 1. The van der Waals surface area contributed by atoms with Gasteiger partial charge in [0.15, 0.2) is 0 Å². The molecule has 0 saturated carbocycles. The molecular weight excluding hydrogens is 442 g/mol. The Morgan fingerprint density at radius 2 is 1.81 bits per heavy atom. The molecule has 0 radical (unpaired) electrons. The summed E-state index contributed by atoms with van der Waals surface area (Å²) in [6.07, 6.45) is -11.7. The van der Waals surface area contributed by atoms with E-state index in [1.165, 1.54) is 11.0 Å². The van der Waals surface area contributed by atoms with Gasteiger partial charge < -0.3 is 14.7 Å². The first-order chi connectivity index (χ1) is 14.6. The topological polar surface area (TPSA) is 62.7 Å². The largest absolute Gasteiger partial charge is 0.444 e. The van der Waals surface area contributed by atoms with Gasteiger partial charge in [-0.25, -0.2) is 9.78 Å². The number of carbonyl (C=O) groups is 1. The second-order valence-electron chi connectivity index (χ2n) is 8.62. The molecule has 2 atom stereocenters. The maximum Gasteiger partial charge on any atom is 0.433 e. The third-order valence-corrected chi connectivity index (χ3v) is 5.08. The smallest absolute Gasteiger partial charge is 0.433 e. The molecule has 1 fully saturated rings. The summed E-state index contributed by atoms with van der Waals surface area (Å²) < 4.78 is 86.0. The summed E-state index contributed by atoms with van der Waals surface area (Å²) in [4.78, 5) is 17.0. The van der Waals surface area contributed by atoms with Crippen LogP contribution in [0.5, 0.6) is 0 Å². The number of benzene rings is 1. The fraction of sp³-hybridized carbons (Fsp3) is 0.524. The van der Waals surface area contributed by atoms with Crippen LogP contribution in [0, 0.1) is 0 Å². The zero-order valence-electron chi connectivity index (χ0n) is 17.5. The zero-order valence-corrected chi connectivity index (χ0v) is 17.5. The number of hydrogen-bond acceptors (Lipinski definition) is 4. The van der Waals surface area contributed by atoms with Crippen LogP contribution in [-0.2, 0) is 17.1 Å². The van der Waals surface area contributed by atoms with Gasteiger partial charge in [-0.15, -0.1) is 0 Å². The fourth-order valence-electron chi connectivity index (χ4n) is 3.77. The van der Waals surface area contributed by atoms with Crippen LogP contribution in [0.25, 0.3) is 10.9 Å². The van der Waals surface area contributed by atoms with Crippen LogP contribution >= 0.6 is 0 Å². The second kappa shape index (κ2) is 8.09. The van der Waals surface area contributed by atoms with E-state index in [1.807, 2.05) is 0 Å². The van der Waals surface area contributed by atoms with Crippen molar-refractivity contribution in [2.24, 2.45) is 0 Å². The predicted octanol–water partition coefficient (Wildman–Crippen LogP) is 5.71. The van der Waals surface area contributed by atoms with Crippen molar-refractivity contribution in [3.05, 3.63) is 41.1 Å². The Morgan fingerprint density at radius 1 is 1.16 bits per heavy atom. The third-order valence-electron chi connectivity index (χ3n) is 5.08. The lowest BCUT2D eigenvalue weighted by atomic mass is 9.94. The van der Waals surface area contributed by atoms with Gasteiger partial charge in [0, 0.05) is 11.9 Å². The average molecular weight is 464 g/mol. The van der Waals surface area contributed by atoms with Gasteiger partial charge in [0.2, 0.25) is 0 Å². The molecule has 0 aliphatic carbocycles. The van der Waals surface area contributed by atoms with Crippen LogP contribution in [0.1, 0.15) is 56.5 Å². The van der Waals surface area contributed by atoms with Crippen molar-refractivity contribution in [1.29, 1.82) is 0 Å². The summed E-state index contributed by atoms with van der Waals surface area (Å²) in [7, 11) is 0. The maximum atomic E-state index is 13.5. The van der Waals surface area contributed by atoms with Gasteiger partial charge in [-0.2, -0.15) is 26.3 Å². The Balaban J connectivity index is 2.14. The van der Waals surface area contributed by atoms with Crippen molar-refractivity contribution in [3.63, 3.8) is 0 Å². The molecule has 2 aromatic rings. The Kier molecular flexibility index (Phi) is 6.09. The molecule has 2 heterocycles. The molecule has 11 heteroatoms. The second-order valence-corrected chi connectivity index (χ2v) is 8.62. The van der Waals surface area contributed by atoms with Gasteiger partial charge in [0.1, 0.15) is 17.4 Å². The minimum atomic E-state index is -5.04. The van der Waals surface area contributed by atoms with E-state index < -0.39 is 53.0 Å². The van der Waals surface area contributed by atoms with Gasteiger partial charge in [-0.3, -0.25) is 0 Å². The summed E-state index contributed by atoms with van der Waals surface area (Å²) in [6, 6.07) is 2.41. The van der Waals surface area contributed by atoms with Crippen molar-refractivity contribution in [1.82, 2.24) is 9.88 Å². The Morgan fingerprint density at radius 3 is 2.38 bits per heavy atom. The number of hydrogen-bond donors (Lipinski definition) is 1. The SMILES string of the molecule is CC(C)(C)OC(=O)N1CCCC1[C@H](O)c1cc(C(F)(F)F)nc2c(C(F)(F)F)cccc12. The van der Waals surface area contributed by atoms with E-state index in [0.717, 1.165) is 6.07 Å². The number of aliphatic hydroxyl groups excluding tert-OH is 1. The maximum absolute atomic E-state index is 13.5. The highest BCUT2D eigenvalue weighted by Crippen LogP contribution is 2.41. The van der Waals surface area contributed by atoms with Crippen molar-refractivity contribution in [2.75, 3.05) is 6.54 Å². The normalized spacial score (nSPS) is 18.8. The average Bonchev–Trinajstić information content (AvgIpc) is 3.13. The van der Waals surface area contributed by atoms with Gasteiger partial charge in [-0.1, -0.05) is 12.1 Å². The van der Waals surface area contributed by atoms with E-state index in [-0.39, 0.29) is 23.9 Å². The van der Waals surface area contributed by atoms with E-state index in [1.54, 1.807) is 20.8 Å².